The number of carbonyl (C=O) groups excluding carboxylic acids is 3. The van der Waals surface area contributed by atoms with Gasteiger partial charge >= 0.3 is 0 Å². The summed E-state index contributed by atoms with van der Waals surface area (Å²) in [6, 6.07) is -1.24. The van der Waals surface area contributed by atoms with Crippen LogP contribution in [0, 0.1) is 11.8 Å². The molecular formula is C20H35N5O3. The SMILES string of the molecule is NC(=O)C(CC1CCCCC1)NC(=O)C1CNCCN1C(=O)C1CCNCC1. The van der Waals surface area contributed by atoms with Crippen LogP contribution < -0.4 is 21.7 Å². The minimum absolute atomic E-state index is 0.0242. The molecule has 8 heteroatoms. The van der Waals surface area contributed by atoms with E-state index in [0.717, 1.165) is 38.8 Å². The number of rotatable bonds is 6. The molecule has 0 aromatic carbocycles. The zero-order chi connectivity index (χ0) is 19.9. The van der Waals surface area contributed by atoms with Crippen molar-refractivity contribution in [2.75, 3.05) is 32.7 Å². The Hall–Kier alpha value is -1.67. The highest BCUT2D eigenvalue weighted by molar-refractivity contribution is 5.92. The van der Waals surface area contributed by atoms with E-state index in [1.807, 2.05) is 0 Å². The summed E-state index contributed by atoms with van der Waals surface area (Å²) in [7, 11) is 0. The second-order valence-corrected chi connectivity index (χ2v) is 8.48. The fourth-order valence-electron chi connectivity index (χ4n) is 4.78. The van der Waals surface area contributed by atoms with Crippen LogP contribution in [0.4, 0.5) is 0 Å². The number of nitrogens with one attached hydrogen (secondary N) is 3. The van der Waals surface area contributed by atoms with Gasteiger partial charge in [0.2, 0.25) is 17.7 Å². The summed E-state index contributed by atoms with van der Waals surface area (Å²) in [5.41, 5.74) is 5.59. The lowest BCUT2D eigenvalue weighted by atomic mass is 9.84. The maximum atomic E-state index is 13.0. The van der Waals surface area contributed by atoms with Gasteiger partial charge in [-0.2, -0.15) is 0 Å². The Kier molecular flexibility index (Phi) is 7.67. The summed E-state index contributed by atoms with van der Waals surface area (Å²) in [6.07, 6.45) is 7.99. The van der Waals surface area contributed by atoms with Crippen LogP contribution >= 0.6 is 0 Å². The van der Waals surface area contributed by atoms with Crippen molar-refractivity contribution < 1.29 is 14.4 Å². The van der Waals surface area contributed by atoms with Gasteiger partial charge in [0.1, 0.15) is 12.1 Å². The van der Waals surface area contributed by atoms with Gasteiger partial charge in [-0.3, -0.25) is 14.4 Å². The van der Waals surface area contributed by atoms with Crippen molar-refractivity contribution in [2.45, 2.75) is 63.5 Å². The summed E-state index contributed by atoms with van der Waals surface area (Å²) in [5, 5.41) is 9.34. The molecule has 0 spiro atoms. The van der Waals surface area contributed by atoms with Gasteiger partial charge in [-0.25, -0.2) is 0 Å². The molecule has 2 aliphatic heterocycles. The third kappa shape index (κ3) is 5.44. The molecule has 3 rings (SSSR count). The fraction of sp³-hybridized carbons (Fsp3) is 0.850. The molecule has 1 saturated carbocycles. The molecule has 0 bridgehead atoms. The van der Waals surface area contributed by atoms with Crippen molar-refractivity contribution in [1.29, 1.82) is 0 Å². The standard InChI is InChI=1S/C20H35N5O3/c21-18(26)16(12-14-4-2-1-3-5-14)24-19(27)17-13-23-10-11-25(17)20(28)15-6-8-22-9-7-15/h14-17,22-23H,1-13H2,(H2,21,26)(H,24,27). The van der Waals surface area contributed by atoms with Crippen LogP contribution in [-0.4, -0.2) is 67.4 Å². The molecule has 3 fully saturated rings. The fourth-order valence-corrected chi connectivity index (χ4v) is 4.78. The molecule has 28 heavy (non-hydrogen) atoms. The van der Waals surface area contributed by atoms with Crippen LogP contribution in [-0.2, 0) is 14.4 Å². The third-order valence-corrected chi connectivity index (χ3v) is 6.47. The number of piperazine rings is 1. The molecule has 1 aliphatic carbocycles. The Morgan fingerprint density at radius 2 is 1.71 bits per heavy atom. The number of nitrogens with zero attached hydrogens (tertiary/aromatic N) is 1. The molecule has 0 aromatic heterocycles. The molecule has 2 atom stereocenters. The van der Waals surface area contributed by atoms with Crippen LogP contribution in [0.5, 0.6) is 0 Å². The molecule has 5 N–H and O–H groups in total. The lowest BCUT2D eigenvalue weighted by Crippen LogP contribution is -2.62. The molecule has 8 nitrogen and oxygen atoms in total. The maximum Gasteiger partial charge on any atom is 0.244 e. The Bertz CT molecular complexity index is 558. The van der Waals surface area contributed by atoms with E-state index < -0.39 is 18.0 Å². The number of hydrogen-bond donors (Lipinski definition) is 4. The Balaban J connectivity index is 1.61. The number of primary amides is 1. The van der Waals surface area contributed by atoms with E-state index in [-0.39, 0.29) is 17.7 Å². The average molecular weight is 394 g/mol. The number of hydrogen-bond acceptors (Lipinski definition) is 5. The molecule has 0 radical (unpaired) electrons. The summed E-state index contributed by atoms with van der Waals surface area (Å²) >= 11 is 0. The largest absolute Gasteiger partial charge is 0.368 e. The van der Waals surface area contributed by atoms with Gasteiger partial charge in [0.15, 0.2) is 0 Å². The molecule has 3 aliphatic rings. The van der Waals surface area contributed by atoms with Crippen LogP contribution in [0.25, 0.3) is 0 Å². The Morgan fingerprint density at radius 3 is 2.39 bits per heavy atom. The lowest BCUT2D eigenvalue weighted by molar-refractivity contribution is -0.146. The van der Waals surface area contributed by atoms with Crippen LogP contribution in [0.15, 0.2) is 0 Å². The second-order valence-electron chi connectivity index (χ2n) is 8.48. The lowest BCUT2D eigenvalue weighted by Gasteiger charge is -2.38. The summed E-state index contributed by atoms with van der Waals surface area (Å²) in [5.74, 6) is -0.286. The van der Waals surface area contributed by atoms with E-state index in [4.69, 9.17) is 5.73 Å². The van der Waals surface area contributed by atoms with Crippen LogP contribution in [0.3, 0.4) is 0 Å². The molecule has 2 heterocycles. The molecule has 2 unspecified atom stereocenters. The molecule has 0 aromatic rings. The highest BCUT2D eigenvalue weighted by atomic mass is 16.2. The normalized spacial score (nSPS) is 25.9. The van der Waals surface area contributed by atoms with Gasteiger partial charge in [0, 0.05) is 25.6 Å². The molecule has 158 valence electrons. The molecule has 3 amide bonds. The first kappa shape index (κ1) is 21.0. The Labute approximate surface area is 167 Å². The first-order chi connectivity index (χ1) is 13.6. The minimum Gasteiger partial charge on any atom is -0.368 e. The van der Waals surface area contributed by atoms with Crippen LogP contribution in [0.2, 0.25) is 0 Å². The molecule has 2 saturated heterocycles. The van der Waals surface area contributed by atoms with E-state index in [1.165, 1.54) is 19.3 Å². The van der Waals surface area contributed by atoms with Gasteiger partial charge in [-0.05, 0) is 38.3 Å². The number of amides is 3. The van der Waals surface area contributed by atoms with E-state index >= 15 is 0 Å². The predicted molar refractivity (Wildman–Crippen MR) is 106 cm³/mol. The minimum atomic E-state index is -0.659. The summed E-state index contributed by atoms with van der Waals surface area (Å²) < 4.78 is 0. The van der Waals surface area contributed by atoms with E-state index in [9.17, 15) is 14.4 Å². The first-order valence-corrected chi connectivity index (χ1v) is 10.9. The third-order valence-electron chi connectivity index (χ3n) is 6.47. The topological polar surface area (TPSA) is 117 Å². The zero-order valence-electron chi connectivity index (χ0n) is 16.8. The summed E-state index contributed by atoms with van der Waals surface area (Å²) in [4.78, 5) is 39.7. The second kappa shape index (κ2) is 10.2. The van der Waals surface area contributed by atoms with Crippen molar-refractivity contribution in [2.24, 2.45) is 17.6 Å². The van der Waals surface area contributed by atoms with Gasteiger partial charge in [0.25, 0.3) is 0 Å². The summed E-state index contributed by atoms with van der Waals surface area (Å²) in [6.45, 7) is 3.29. The van der Waals surface area contributed by atoms with Crippen molar-refractivity contribution in [3.8, 4) is 0 Å². The number of carbonyl (C=O) groups is 3. The van der Waals surface area contributed by atoms with E-state index in [0.29, 0.717) is 32.0 Å². The number of nitrogens with two attached hydrogens (primary N) is 1. The van der Waals surface area contributed by atoms with Crippen molar-refractivity contribution in [3.63, 3.8) is 0 Å². The van der Waals surface area contributed by atoms with E-state index in [1.54, 1.807) is 4.90 Å². The highest BCUT2D eigenvalue weighted by Crippen LogP contribution is 2.27. The zero-order valence-corrected chi connectivity index (χ0v) is 16.8. The van der Waals surface area contributed by atoms with Gasteiger partial charge < -0.3 is 26.6 Å². The average Bonchev–Trinajstić information content (AvgIpc) is 2.74. The van der Waals surface area contributed by atoms with E-state index in [2.05, 4.69) is 16.0 Å². The van der Waals surface area contributed by atoms with Crippen LogP contribution in [0.1, 0.15) is 51.4 Å². The highest BCUT2D eigenvalue weighted by Gasteiger charge is 2.37. The quantitative estimate of drug-likeness (QED) is 0.496. The van der Waals surface area contributed by atoms with Crippen molar-refractivity contribution >= 4 is 17.7 Å². The van der Waals surface area contributed by atoms with Gasteiger partial charge in [0.05, 0.1) is 0 Å². The van der Waals surface area contributed by atoms with Crippen molar-refractivity contribution in [1.82, 2.24) is 20.9 Å². The maximum absolute atomic E-state index is 13.0. The smallest absolute Gasteiger partial charge is 0.244 e. The molecular weight excluding hydrogens is 358 g/mol. The monoisotopic (exact) mass is 393 g/mol. The first-order valence-electron chi connectivity index (χ1n) is 10.9. The van der Waals surface area contributed by atoms with Crippen molar-refractivity contribution in [3.05, 3.63) is 0 Å². The van der Waals surface area contributed by atoms with Gasteiger partial charge in [-0.15, -0.1) is 0 Å². The number of piperidine rings is 1. The Morgan fingerprint density at radius 1 is 1.00 bits per heavy atom. The van der Waals surface area contributed by atoms with Gasteiger partial charge in [-0.1, -0.05) is 32.1 Å². The predicted octanol–water partition coefficient (Wildman–Crippen LogP) is -0.273.